The number of carbonyl (C=O) groups is 1. The van der Waals surface area contributed by atoms with Crippen LogP contribution < -0.4 is 20.3 Å². The SMILES string of the molecule is COc1cccc(N2CCC(CNC(=O)NCc3ccc(Cl)cc3Cl)C2)c1. The molecule has 0 aliphatic carbocycles. The van der Waals surface area contributed by atoms with Crippen molar-refractivity contribution in [1.29, 1.82) is 0 Å². The minimum absolute atomic E-state index is 0.194. The number of rotatable bonds is 6. The van der Waals surface area contributed by atoms with Crippen molar-refractivity contribution in [3.05, 3.63) is 58.1 Å². The highest BCUT2D eigenvalue weighted by molar-refractivity contribution is 6.35. The molecule has 1 heterocycles. The van der Waals surface area contributed by atoms with E-state index in [1.807, 2.05) is 24.3 Å². The van der Waals surface area contributed by atoms with Gasteiger partial charge in [-0.1, -0.05) is 35.3 Å². The van der Waals surface area contributed by atoms with Crippen LogP contribution in [0.15, 0.2) is 42.5 Å². The maximum atomic E-state index is 12.1. The van der Waals surface area contributed by atoms with Gasteiger partial charge in [-0.15, -0.1) is 0 Å². The van der Waals surface area contributed by atoms with E-state index in [0.717, 1.165) is 36.5 Å². The molecule has 0 bridgehead atoms. The van der Waals surface area contributed by atoms with Gasteiger partial charge in [-0.2, -0.15) is 0 Å². The first kappa shape index (κ1) is 19.6. The van der Waals surface area contributed by atoms with Crippen LogP contribution in [0.5, 0.6) is 5.75 Å². The molecule has 2 aromatic carbocycles. The molecule has 3 rings (SSSR count). The van der Waals surface area contributed by atoms with Crippen LogP contribution in [-0.4, -0.2) is 32.8 Å². The number of benzene rings is 2. The number of halogens is 2. The normalized spacial score (nSPS) is 16.3. The summed E-state index contributed by atoms with van der Waals surface area (Å²) in [5, 5.41) is 6.91. The molecule has 0 saturated carbocycles. The summed E-state index contributed by atoms with van der Waals surface area (Å²) in [5.41, 5.74) is 1.99. The van der Waals surface area contributed by atoms with Gasteiger partial charge in [0.05, 0.1) is 7.11 Å². The zero-order valence-electron chi connectivity index (χ0n) is 15.2. The van der Waals surface area contributed by atoms with Crippen LogP contribution in [0.4, 0.5) is 10.5 Å². The Labute approximate surface area is 169 Å². The van der Waals surface area contributed by atoms with Gasteiger partial charge in [-0.3, -0.25) is 0 Å². The molecule has 0 aromatic heterocycles. The second kappa shape index (κ2) is 9.20. The predicted molar refractivity (Wildman–Crippen MR) is 110 cm³/mol. The van der Waals surface area contributed by atoms with Gasteiger partial charge in [0.1, 0.15) is 5.75 Å². The van der Waals surface area contributed by atoms with Gasteiger partial charge in [0.25, 0.3) is 0 Å². The summed E-state index contributed by atoms with van der Waals surface area (Å²) in [6, 6.07) is 13.1. The molecule has 2 amide bonds. The van der Waals surface area contributed by atoms with Crippen molar-refractivity contribution in [3.63, 3.8) is 0 Å². The van der Waals surface area contributed by atoms with E-state index in [-0.39, 0.29) is 6.03 Å². The van der Waals surface area contributed by atoms with Gasteiger partial charge in [0, 0.05) is 48.0 Å². The zero-order chi connectivity index (χ0) is 19.2. The summed E-state index contributed by atoms with van der Waals surface area (Å²) in [6.07, 6.45) is 1.04. The number of amides is 2. The zero-order valence-corrected chi connectivity index (χ0v) is 16.7. The number of nitrogens with zero attached hydrogens (tertiary/aromatic N) is 1. The monoisotopic (exact) mass is 407 g/mol. The van der Waals surface area contributed by atoms with Gasteiger partial charge in [-0.25, -0.2) is 4.79 Å². The summed E-state index contributed by atoms with van der Waals surface area (Å²) in [7, 11) is 1.67. The molecular formula is C20H23Cl2N3O2. The molecule has 7 heteroatoms. The van der Waals surface area contributed by atoms with E-state index in [4.69, 9.17) is 27.9 Å². The summed E-state index contributed by atoms with van der Waals surface area (Å²) in [4.78, 5) is 14.4. The maximum Gasteiger partial charge on any atom is 0.315 e. The van der Waals surface area contributed by atoms with Crippen molar-refractivity contribution in [2.24, 2.45) is 5.92 Å². The van der Waals surface area contributed by atoms with E-state index in [1.54, 1.807) is 19.2 Å². The summed E-state index contributed by atoms with van der Waals surface area (Å²) in [5.74, 6) is 1.27. The Morgan fingerprint density at radius 2 is 2.07 bits per heavy atom. The molecule has 1 aliphatic rings. The Balaban J connectivity index is 1.43. The van der Waals surface area contributed by atoms with E-state index in [9.17, 15) is 4.79 Å². The lowest BCUT2D eigenvalue weighted by atomic mass is 10.1. The van der Waals surface area contributed by atoms with Crippen molar-refractivity contribution in [3.8, 4) is 5.75 Å². The Morgan fingerprint density at radius 3 is 2.85 bits per heavy atom. The largest absolute Gasteiger partial charge is 0.497 e. The molecule has 1 saturated heterocycles. The highest BCUT2D eigenvalue weighted by Gasteiger charge is 2.23. The third-order valence-corrected chi connectivity index (χ3v) is 5.30. The summed E-state index contributed by atoms with van der Waals surface area (Å²) < 4.78 is 5.29. The van der Waals surface area contributed by atoms with Crippen molar-refractivity contribution in [1.82, 2.24) is 10.6 Å². The smallest absolute Gasteiger partial charge is 0.315 e. The molecule has 2 N–H and O–H groups in total. The first-order valence-corrected chi connectivity index (χ1v) is 9.65. The van der Waals surface area contributed by atoms with Crippen LogP contribution in [0.1, 0.15) is 12.0 Å². The quantitative estimate of drug-likeness (QED) is 0.748. The van der Waals surface area contributed by atoms with Crippen LogP contribution in [0.3, 0.4) is 0 Å². The van der Waals surface area contributed by atoms with Gasteiger partial charge in [0.15, 0.2) is 0 Å². The third kappa shape index (κ3) is 5.44. The van der Waals surface area contributed by atoms with Crippen molar-refractivity contribution < 1.29 is 9.53 Å². The summed E-state index contributed by atoms with van der Waals surface area (Å²) >= 11 is 12.0. The number of nitrogens with one attached hydrogen (secondary N) is 2. The average Bonchev–Trinajstić information content (AvgIpc) is 3.15. The van der Waals surface area contributed by atoms with Crippen molar-refractivity contribution in [2.75, 3.05) is 31.6 Å². The topological polar surface area (TPSA) is 53.6 Å². The highest BCUT2D eigenvalue weighted by atomic mass is 35.5. The number of urea groups is 1. The predicted octanol–water partition coefficient (Wildman–Crippen LogP) is 4.33. The number of anilines is 1. The van der Waals surface area contributed by atoms with E-state index in [0.29, 0.717) is 29.1 Å². The lowest BCUT2D eigenvalue weighted by Crippen LogP contribution is -2.38. The molecule has 27 heavy (non-hydrogen) atoms. The van der Waals surface area contributed by atoms with Crippen LogP contribution in [0, 0.1) is 5.92 Å². The second-order valence-electron chi connectivity index (χ2n) is 6.60. The number of hydrogen-bond acceptors (Lipinski definition) is 3. The number of hydrogen-bond donors (Lipinski definition) is 2. The van der Waals surface area contributed by atoms with E-state index in [1.165, 1.54) is 0 Å². The minimum Gasteiger partial charge on any atom is -0.497 e. The van der Waals surface area contributed by atoms with Crippen molar-refractivity contribution in [2.45, 2.75) is 13.0 Å². The van der Waals surface area contributed by atoms with Gasteiger partial charge < -0.3 is 20.3 Å². The third-order valence-electron chi connectivity index (χ3n) is 4.71. The lowest BCUT2D eigenvalue weighted by Gasteiger charge is -2.19. The molecule has 1 fully saturated rings. The van der Waals surface area contributed by atoms with E-state index >= 15 is 0 Å². The Hall–Kier alpha value is -2.11. The fraction of sp³-hybridized carbons (Fsp3) is 0.350. The fourth-order valence-electron chi connectivity index (χ4n) is 3.18. The summed E-state index contributed by atoms with van der Waals surface area (Å²) in [6.45, 7) is 2.89. The van der Waals surface area contributed by atoms with Crippen LogP contribution >= 0.6 is 23.2 Å². The second-order valence-corrected chi connectivity index (χ2v) is 7.45. The maximum absolute atomic E-state index is 12.1. The first-order valence-electron chi connectivity index (χ1n) is 8.90. The van der Waals surface area contributed by atoms with E-state index in [2.05, 4.69) is 21.6 Å². The van der Waals surface area contributed by atoms with Gasteiger partial charge in [-0.05, 0) is 42.2 Å². The van der Waals surface area contributed by atoms with Crippen LogP contribution in [-0.2, 0) is 6.54 Å². The Morgan fingerprint density at radius 1 is 1.22 bits per heavy atom. The Bertz CT molecular complexity index is 801. The van der Waals surface area contributed by atoms with Crippen LogP contribution in [0.25, 0.3) is 0 Å². The van der Waals surface area contributed by atoms with E-state index < -0.39 is 0 Å². The standard InChI is InChI=1S/C20H23Cl2N3O2/c1-27-18-4-2-3-17(10-18)25-8-7-14(13-25)11-23-20(26)24-12-15-5-6-16(21)9-19(15)22/h2-6,9-10,14H,7-8,11-13H2,1H3,(H2,23,24,26). The number of methoxy groups -OCH3 is 1. The first-order chi connectivity index (χ1) is 13.0. The average molecular weight is 408 g/mol. The Kier molecular flexibility index (Phi) is 6.69. The van der Waals surface area contributed by atoms with Crippen molar-refractivity contribution >= 4 is 34.9 Å². The number of carbonyl (C=O) groups excluding carboxylic acids is 1. The highest BCUT2D eigenvalue weighted by Crippen LogP contribution is 2.26. The minimum atomic E-state index is -0.194. The molecule has 1 atom stereocenters. The molecule has 1 aliphatic heterocycles. The molecule has 0 spiro atoms. The molecule has 5 nitrogen and oxygen atoms in total. The number of ether oxygens (including phenoxy) is 1. The fourth-order valence-corrected chi connectivity index (χ4v) is 3.66. The molecule has 1 unspecified atom stereocenters. The molecular weight excluding hydrogens is 385 g/mol. The van der Waals surface area contributed by atoms with Gasteiger partial charge in [0.2, 0.25) is 0 Å². The van der Waals surface area contributed by atoms with Gasteiger partial charge >= 0.3 is 6.03 Å². The van der Waals surface area contributed by atoms with Crippen LogP contribution in [0.2, 0.25) is 10.0 Å². The molecule has 144 valence electrons. The lowest BCUT2D eigenvalue weighted by molar-refractivity contribution is 0.239. The molecule has 0 radical (unpaired) electrons. The molecule has 2 aromatic rings.